The smallest absolute Gasteiger partial charge is 0.381 e. The number of hydrogen-bond donors (Lipinski definition) is 0. The summed E-state index contributed by atoms with van der Waals surface area (Å²) in [6.45, 7) is 2.51. The second-order valence-corrected chi connectivity index (χ2v) is 8.38. The van der Waals surface area contributed by atoms with Gasteiger partial charge in [0.05, 0.1) is 22.7 Å². The number of halogens is 3. The van der Waals surface area contributed by atoms with E-state index >= 15 is 0 Å². The van der Waals surface area contributed by atoms with Gasteiger partial charge < -0.3 is 14.2 Å². The highest BCUT2D eigenvalue weighted by Crippen LogP contribution is 2.40. The van der Waals surface area contributed by atoms with E-state index in [1.807, 2.05) is 4.90 Å². The number of pyridine rings is 1. The fourth-order valence-electron chi connectivity index (χ4n) is 4.81. The van der Waals surface area contributed by atoms with Crippen molar-refractivity contribution >= 4 is 17.0 Å². The molecule has 3 heterocycles. The van der Waals surface area contributed by atoms with Gasteiger partial charge in [-0.05, 0) is 45.1 Å². The molecule has 9 heteroatoms. The molecule has 6 nitrogen and oxygen atoms in total. The summed E-state index contributed by atoms with van der Waals surface area (Å²) in [5.41, 5.74) is -0.301. The van der Waals surface area contributed by atoms with Gasteiger partial charge in [0.25, 0.3) is 5.71 Å². The molecule has 2 atom stereocenters. The summed E-state index contributed by atoms with van der Waals surface area (Å²) >= 11 is 0. The first-order valence-corrected chi connectivity index (χ1v) is 10.4. The van der Waals surface area contributed by atoms with Gasteiger partial charge in [-0.2, -0.15) is 13.2 Å². The lowest BCUT2D eigenvalue weighted by Gasteiger charge is -2.36. The number of nitrogens with zero attached hydrogens (tertiary/aromatic N) is 3. The number of aromatic nitrogens is 2. The van der Waals surface area contributed by atoms with Crippen LogP contribution in [0, 0.1) is 12.8 Å². The third kappa shape index (κ3) is 4.04. The number of carbonyl (C=O) groups excluding carboxylic acids is 1. The summed E-state index contributed by atoms with van der Waals surface area (Å²) in [6, 6.07) is 1.04. The molecule has 2 aliphatic rings. The van der Waals surface area contributed by atoms with Gasteiger partial charge in [-0.15, -0.1) is 0 Å². The van der Waals surface area contributed by atoms with E-state index in [0.29, 0.717) is 31.6 Å². The van der Waals surface area contributed by atoms with Gasteiger partial charge in [0.15, 0.2) is 0 Å². The van der Waals surface area contributed by atoms with E-state index < -0.39 is 11.7 Å². The van der Waals surface area contributed by atoms with E-state index in [9.17, 15) is 18.0 Å². The maximum Gasteiger partial charge on any atom is 0.417 e. The van der Waals surface area contributed by atoms with Gasteiger partial charge >= 0.3 is 6.18 Å². The number of likely N-dealkylation sites (tertiary alicyclic amines) is 1. The van der Waals surface area contributed by atoms with Crippen LogP contribution in [0.2, 0.25) is 0 Å². The highest BCUT2D eigenvalue weighted by molar-refractivity contribution is 5.82. The third-order valence-corrected chi connectivity index (χ3v) is 6.41. The Bertz CT molecular complexity index is 919. The molecule has 1 aliphatic carbocycles. The summed E-state index contributed by atoms with van der Waals surface area (Å²) in [6.07, 6.45) is 0.290. The van der Waals surface area contributed by atoms with E-state index in [-0.39, 0.29) is 40.6 Å². The third-order valence-electron chi connectivity index (χ3n) is 6.41. The quantitative estimate of drug-likeness (QED) is 0.726. The minimum absolute atomic E-state index is 0.0304. The molecule has 164 valence electrons. The molecule has 2 fully saturated rings. The molecule has 0 aromatic carbocycles. The van der Waals surface area contributed by atoms with Crippen molar-refractivity contribution in [3.63, 3.8) is 0 Å². The largest absolute Gasteiger partial charge is 0.417 e. The van der Waals surface area contributed by atoms with Crippen LogP contribution in [0.25, 0.3) is 11.1 Å². The van der Waals surface area contributed by atoms with Crippen LogP contribution in [0.5, 0.6) is 0 Å². The average molecular weight is 425 g/mol. The van der Waals surface area contributed by atoms with Crippen LogP contribution in [0.3, 0.4) is 0 Å². The van der Waals surface area contributed by atoms with E-state index in [1.165, 1.54) is 6.92 Å². The molecule has 1 saturated carbocycles. The predicted molar refractivity (Wildman–Crippen MR) is 103 cm³/mol. The monoisotopic (exact) mass is 425 g/mol. The Hall–Kier alpha value is -2.16. The van der Waals surface area contributed by atoms with Crippen LogP contribution in [-0.4, -0.2) is 47.3 Å². The van der Waals surface area contributed by atoms with Crippen molar-refractivity contribution < 1.29 is 27.2 Å². The normalized spacial score (nSPS) is 23.8. The Morgan fingerprint density at radius 3 is 2.63 bits per heavy atom. The molecule has 0 bridgehead atoms. The molecule has 0 spiro atoms. The average Bonchev–Trinajstić information content (AvgIpc) is 3.15. The number of rotatable bonds is 3. The summed E-state index contributed by atoms with van der Waals surface area (Å²) in [7, 11) is 1.68. The van der Waals surface area contributed by atoms with Crippen molar-refractivity contribution in [3.05, 3.63) is 23.0 Å². The lowest BCUT2D eigenvalue weighted by Crippen LogP contribution is -2.43. The number of amides is 1. The summed E-state index contributed by atoms with van der Waals surface area (Å²) < 4.78 is 51.4. The van der Waals surface area contributed by atoms with Crippen LogP contribution >= 0.6 is 0 Å². The number of alkyl halides is 3. The first kappa shape index (κ1) is 21.1. The van der Waals surface area contributed by atoms with Crippen LogP contribution in [0.4, 0.5) is 13.2 Å². The number of carbonyl (C=O) groups is 1. The van der Waals surface area contributed by atoms with Gasteiger partial charge in [-0.1, -0.05) is 11.6 Å². The molecule has 2 aromatic rings. The Kier molecular flexibility index (Phi) is 5.74. The van der Waals surface area contributed by atoms with Crippen molar-refractivity contribution in [2.75, 3.05) is 20.2 Å². The Labute approximate surface area is 172 Å². The topological polar surface area (TPSA) is 68.5 Å². The first-order chi connectivity index (χ1) is 14.3. The van der Waals surface area contributed by atoms with Crippen molar-refractivity contribution in [3.8, 4) is 0 Å². The number of methoxy groups -OCH3 is 1. The van der Waals surface area contributed by atoms with Crippen molar-refractivity contribution in [1.82, 2.24) is 15.0 Å². The highest BCUT2D eigenvalue weighted by Gasteiger charge is 2.38. The summed E-state index contributed by atoms with van der Waals surface area (Å²) in [5.74, 6) is -0.0930. The van der Waals surface area contributed by atoms with Crippen LogP contribution < -0.4 is 0 Å². The summed E-state index contributed by atoms with van der Waals surface area (Å²) in [5, 5.41) is 3.91. The molecule has 4 rings (SSSR count). The van der Waals surface area contributed by atoms with Crippen molar-refractivity contribution in [1.29, 1.82) is 0 Å². The lowest BCUT2D eigenvalue weighted by atomic mass is 9.85. The Morgan fingerprint density at radius 2 is 1.97 bits per heavy atom. The van der Waals surface area contributed by atoms with Gasteiger partial charge in [-0.3, -0.25) is 4.79 Å². The maximum atomic E-state index is 13.6. The second-order valence-electron chi connectivity index (χ2n) is 8.38. The molecule has 0 N–H and O–H groups in total. The zero-order valence-electron chi connectivity index (χ0n) is 17.2. The molecule has 30 heavy (non-hydrogen) atoms. The summed E-state index contributed by atoms with van der Waals surface area (Å²) in [4.78, 5) is 18.8. The maximum absolute atomic E-state index is 13.6. The van der Waals surface area contributed by atoms with Crippen molar-refractivity contribution in [2.24, 2.45) is 5.92 Å². The van der Waals surface area contributed by atoms with Crippen LogP contribution in [-0.2, 0) is 15.7 Å². The van der Waals surface area contributed by atoms with E-state index in [1.54, 1.807) is 7.11 Å². The standard InChI is InChI=1S/C21H26F3N3O3/c1-12-10-16(21(22,23)24)17-18(26-30-19(17)25-12)13-6-8-27(9-7-13)20(28)14-4-3-5-15(11-14)29-2/h10,13-15H,3-9,11H2,1-2H3/t14-,15-/m0/s1. The molecule has 2 aromatic heterocycles. The number of fused-ring (bicyclic) bond motifs is 1. The fourth-order valence-corrected chi connectivity index (χ4v) is 4.81. The first-order valence-electron chi connectivity index (χ1n) is 10.4. The lowest BCUT2D eigenvalue weighted by molar-refractivity contribution is -0.139. The van der Waals surface area contributed by atoms with E-state index in [4.69, 9.17) is 9.26 Å². The SMILES string of the molecule is CO[C@H]1CCC[C@H](C(=O)N2CCC(c3noc4nc(C)cc(C(F)(F)F)c34)CC2)C1. The molecule has 1 amide bonds. The predicted octanol–water partition coefficient (Wildman–Crippen LogP) is 4.46. The number of aryl methyl sites for hydroxylation is 1. The van der Waals surface area contributed by atoms with Gasteiger partial charge in [0, 0.05) is 37.7 Å². The number of piperidine rings is 1. The Morgan fingerprint density at radius 1 is 1.23 bits per heavy atom. The minimum atomic E-state index is -4.51. The zero-order chi connectivity index (χ0) is 21.5. The number of ether oxygens (including phenoxy) is 1. The molecule has 0 unspecified atom stereocenters. The molecular weight excluding hydrogens is 399 g/mol. The minimum Gasteiger partial charge on any atom is -0.381 e. The van der Waals surface area contributed by atoms with E-state index in [0.717, 1.165) is 31.7 Å². The van der Waals surface area contributed by atoms with Gasteiger partial charge in [0.2, 0.25) is 5.91 Å². The van der Waals surface area contributed by atoms with Crippen LogP contribution in [0.1, 0.15) is 61.4 Å². The Balaban J connectivity index is 1.49. The van der Waals surface area contributed by atoms with Crippen LogP contribution in [0.15, 0.2) is 10.6 Å². The van der Waals surface area contributed by atoms with E-state index in [2.05, 4.69) is 10.1 Å². The second kappa shape index (κ2) is 8.17. The highest BCUT2D eigenvalue weighted by atomic mass is 19.4. The molecule has 1 saturated heterocycles. The molecule has 1 aliphatic heterocycles. The van der Waals surface area contributed by atoms with Crippen molar-refractivity contribution in [2.45, 2.75) is 63.6 Å². The molecule has 0 radical (unpaired) electrons. The van der Waals surface area contributed by atoms with Gasteiger partial charge in [0.1, 0.15) is 0 Å². The molecular formula is C21H26F3N3O3. The van der Waals surface area contributed by atoms with Gasteiger partial charge in [-0.25, -0.2) is 4.98 Å². The number of hydrogen-bond acceptors (Lipinski definition) is 5. The fraction of sp³-hybridized carbons (Fsp3) is 0.667. The zero-order valence-corrected chi connectivity index (χ0v) is 17.2.